The summed E-state index contributed by atoms with van der Waals surface area (Å²) >= 11 is 0. The number of nitrogens with zero attached hydrogens (tertiary/aromatic N) is 2. The first-order valence-electron chi connectivity index (χ1n) is 10.2. The second-order valence-electron chi connectivity index (χ2n) is 7.42. The average molecular weight is 446 g/mol. The van der Waals surface area contributed by atoms with Crippen LogP contribution >= 0.6 is 0 Å². The molecule has 166 valence electrons. The normalized spacial score (nSPS) is 14.2. The third-order valence-corrected chi connectivity index (χ3v) is 6.33. The minimum absolute atomic E-state index is 0.0733. The van der Waals surface area contributed by atoms with Gasteiger partial charge in [0.2, 0.25) is 21.8 Å². The minimum Gasteiger partial charge on any atom is -0.357 e. The Morgan fingerprint density at radius 2 is 1.68 bits per heavy atom. The Kier molecular flexibility index (Phi) is 7.59. The molecular weight excluding hydrogens is 418 g/mol. The zero-order chi connectivity index (χ0) is 22.3. The van der Waals surface area contributed by atoms with Gasteiger partial charge in [0.1, 0.15) is 5.82 Å². The SMILES string of the molecule is Cc1ccc(S(=O)(=O)NCC(=O)NCC(=O)Nc2ccc(N3CCCCC3)nc2)cc1. The van der Waals surface area contributed by atoms with E-state index >= 15 is 0 Å². The molecule has 2 aromatic rings. The van der Waals surface area contributed by atoms with Gasteiger partial charge in [0.25, 0.3) is 0 Å². The zero-order valence-corrected chi connectivity index (χ0v) is 18.2. The minimum atomic E-state index is -3.80. The maximum Gasteiger partial charge on any atom is 0.243 e. The van der Waals surface area contributed by atoms with Crippen LogP contribution in [0.4, 0.5) is 11.5 Å². The van der Waals surface area contributed by atoms with Gasteiger partial charge in [0.05, 0.1) is 29.9 Å². The first-order chi connectivity index (χ1) is 14.8. The van der Waals surface area contributed by atoms with Crippen LogP contribution in [0.3, 0.4) is 0 Å². The van der Waals surface area contributed by atoms with E-state index in [1.54, 1.807) is 24.4 Å². The van der Waals surface area contributed by atoms with Gasteiger partial charge >= 0.3 is 0 Å². The number of carbonyl (C=O) groups excluding carboxylic acids is 2. The van der Waals surface area contributed by atoms with Crippen LogP contribution in [-0.2, 0) is 19.6 Å². The van der Waals surface area contributed by atoms with Crippen molar-refractivity contribution in [1.29, 1.82) is 0 Å². The van der Waals surface area contributed by atoms with Crippen LogP contribution in [0.15, 0.2) is 47.5 Å². The molecule has 1 fully saturated rings. The van der Waals surface area contributed by atoms with Gasteiger partial charge in [-0.3, -0.25) is 9.59 Å². The Labute approximate surface area is 182 Å². The lowest BCUT2D eigenvalue weighted by molar-refractivity contribution is -0.123. The van der Waals surface area contributed by atoms with Gasteiger partial charge < -0.3 is 15.5 Å². The largest absolute Gasteiger partial charge is 0.357 e. The number of piperidine rings is 1. The Hall–Kier alpha value is -2.98. The van der Waals surface area contributed by atoms with Gasteiger partial charge in [-0.05, 0) is 50.5 Å². The van der Waals surface area contributed by atoms with Crippen molar-refractivity contribution in [2.45, 2.75) is 31.1 Å². The molecule has 1 aromatic carbocycles. The van der Waals surface area contributed by atoms with Gasteiger partial charge in [0.15, 0.2) is 0 Å². The maximum absolute atomic E-state index is 12.2. The highest BCUT2D eigenvalue weighted by atomic mass is 32.2. The molecule has 0 spiro atoms. The van der Waals surface area contributed by atoms with E-state index < -0.39 is 28.4 Å². The number of benzene rings is 1. The summed E-state index contributed by atoms with van der Waals surface area (Å²) in [5.74, 6) is -0.154. The molecule has 2 heterocycles. The fourth-order valence-electron chi connectivity index (χ4n) is 3.18. The van der Waals surface area contributed by atoms with Crippen molar-refractivity contribution in [1.82, 2.24) is 15.0 Å². The quantitative estimate of drug-likeness (QED) is 0.565. The molecule has 31 heavy (non-hydrogen) atoms. The molecule has 1 aliphatic rings. The Morgan fingerprint density at radius 1 is 0.968 bits per heavy atom. The molecular formula is C21H27N5O4S. The molecule has 0 atom stereocenters. The monoisotopic (exact) mass is 445 g/mol. The van der Waals surface area contributed by atoms with Gasteiger partial charge in [-0.25, -0.2) is 18.1 Å². The summed E-state index contributed by atoms with van der Waals surface area (Å²) in [5.41, 5.74) is 1.46. The Morgan fingerprint density at radius 3 is 2.32 bits per heavy atom. The van der Waals surface area contributed by atoms with Gasteiger partial charge in [0, 0.05) is 13.1 Å². The number of hydrogen-bond donors (Lipinski definition) is 3. The molecule has 1 aromatic heterocycles. The van der Waals surface area contributed by atoms with E-state index in [1.807, 2.05) is 13.0 Å². The van der Waals surface area contributed by atoms with Gasteiger partial charge in [-0.2, -0.15) is 0 Å². The number of anilines is 2. The molecule has 9 nitrogen and oxygen atoms in total. The topological polar surface area (TPSA) is 120 Å². The van der Waals surface area contributed by atoms with Crippen molar-refractivity contribution in [2.24, 2.45) is 0 Å². The smallest absolute Gasteiger partial charge is 0.243 e. The maximum atomic E-state index is 12.2. The number of amides is 2. The fourth-order valence-corrected chi connectivity index (χ4v) is 4.16. The predicted molar refractivity (Wildman–Crippen MR) is 118 cm³/mol. The molecule has 1 saturated heterocycles. The van der Waals surface area contributed by atoms with Crippen LogP contribution in [0.1, 0.15) is 24.8 Å². The van der Waals surface area contributed by atoms with Crippen molar-refractivity contribution in [3.8, 4) is 0 Å². The average Bonchev–Trinajstić information content (AvgIpc) is 2.78. The van der Waals surface area contributed by atoms with Crippen molar-refractivity contribution < 1.29 is 18.0 Å². The number of carbonyl (C=O) groups is 2. The van der Waals surface area contributed by atoms with Crippen LogP contribution in [0.2, 0.25) is 0 Å². The van der Waals surface area contributed by atoms with E-state index in [2.05, 4.69) is 25.2 Å². The van der Waals surface area contributed by atoms with Crippen molar-refractivity contribution in [3.63, 3.8) is 0 Å². The lowest BCUT2D eigenvalue weighted by Crippen LogP contribution is -2.40. The Balaban J connectivity index is 1.41. The number of nitrogens with one attached hydrogen (secondary N) is 3. The summed E-state index contributed by atoms with van der Waals surface area (Å²) in [7, 11) is -3.80. The molecule has 10 heteroatoms. The summed E-state index contributed by atoms with van der Waals surface area (Å²) in [6.07, 6.45) is 5.13. The highest BCUT2D eigenvalue weighted by molar-refractivity contribution is 7.89. The molecule has 0 aliphatic carbocycles. The molecule has 1 aliphatic heterocycles. The van der Waals surface area contributed by atoms with E-state index in [0.29, 0.717) is 5.69 Å². The lowest BCUT2D eigenvalue weighted by Gasteiger charge is -2.27. The molecule has 0 unspecified atom stereocenters. The third kappa shape index (κ3) is 6.76. The number of hydrogen-bond acceptors (Lipinski definition) is 6. The van der Waals surface area contributed by atoms with Crippen LogP contribution < -0.4 is 20.3 Å². The van der Waals surface area contributed by atoms with Crippen molar-refractivity contribution in [2.75, 3.05) is 36.4 Å². The summed E-state index contributed by atoms with van der Waals surface area (Å²) < 4.78 is 26.6. The summed E-state index contributed by atoms with van der Waals surface area (Å²) in [4.78, 5) is 30.6. The van der Waals surface area contributed by atoms with E-state index in [0.717, 1.165) is 37.3 Å². The van der Waals surface area contributed by atoms with Crippen molar-refractivity contribution in [3.05, 3.63) is 48.2 Å². The van der Waals surface area contributed by atoms with Gasteiger partial charge in [-0.15, -0.1) is 0 Å². The van der Waals surface area contributed by atoms with Crippen LogP contribution in [0.5, 0.6) is 0 Å². The van der Waals surface area contributed by atoms with Crippen LogP contribution in [-0.4, -0.2) is 51.4 Å². The molecule has 3 N–H and O–H groups in total. The fraction of sp³-hybridized carbons (Fsp3) is 0.381. The number of rotatable bonds is 8. The molecule has 0 radical (unpaired) electrons. The molecule has 0 saturated carbocycles. The van der Waals surface area contributed by atoms with E-state index in [-0.39, 0.29) is 11.4 Å². The van der Waals surface area contributed by atoms with Crippen molar-refractivity contribution >= 4 is 33.3 Å². The summed E-state index contributed by atoms with van der Waals surface area (Å²) in [5, 5.41) is 5.05. The summed E-state index contributed by atoms with van der Waals surface area (Å²) in [6.45, 7) is 3.08. The zero-order valence-electron chi connectivity index (χ0n) is 17.4. The first kappa shape index (κ1) is 22.7. The van der Waals surface area contributed by atoms with Crippen LogP contribution in [0, 0.1) is 6.92 Å². The van der Waals surface area contributed by atoms with E-state index in [4.69, 9.17) is 0 Å². The Bertz CT molecular complexity index is 1000. The van der Waals surface area contributed by atoms with Crippen LogP contribution in [0.25, 0.3) is 0 Å². The summed E-state index contributed by atoms with van der Waals surface area (Å²) in [6, 6.07) is 9.91. The predicted octanol–water partition coefficient (Wildman–Crippen LogP) is 1.41. The van der Waals surface area contributed by atoms with Gasteiger partial charge in [-0.1, -0.05) is 17.7 Å². The second-order valence-corrected chi connectivity index (χ2v) is 9.18. The standard InChI is InChI=1S/C21H27N5O4S/c1-16-5-8-18(9-6-16)31(29,30)24-15-20(27)23-14-21(28)25-17-7-10-19(22-13-17)26-11-3-2-4-12-26/h5-10,13,24H,2-4,11-12,14-15H2,1H3,(H,23,27)(H,25,28). The molecule has 3 rings (SSSR count). The second kappa shape index (κ2) is 10.4. The number of sulfonamides is 1. The third-order valence-electron chi connectivity index (χ3n) is 4.91. The number of pyridine rings is 1. The van der Waals surface area contributed by atoms with E-state index in [1.165, 1.54) is 18.6 Å². The lowest BCUT2D eigenvalue weighted by atomic mass is 10.1. The molecule has 0 bridgehead atoms. The highest BCUT2D eigenvalue weighted by Gasteiger charge is 2.16. The first-order valence-corrected chi connectivity index (χ1v) is 11.7. The number of aryl methyl sites for hydroxylation is 1. The van der Waals surface area contributed by atoms with E-state index in [9.17, 15) is 18.0 Å². The number of aromatic nitrogens is 1. The highest BCUT2D eigenvalue weighted by Crippen LogP contribution is 2.18. The molecule has 2 amide bonds.